The number of benzene rings is 1. The van der Waals surface area contributed by atoms with E-state index in [2.05, 4.69) is 57.3 Å². The van der Waals surface area contributed by atoms with Crippen molar-refractivity contribution in [3.63, 3.8) is 0 Å². The average molecular weight is 506 g/mol. The van der Waals surface area contributed by atoms with Crippen molar-refractivity contribution in [2.75, 3.05) is 0 Å². The summed E-state index contributed by atoms with van der Waals surface area (Å²) in [4.78, 5) is 13.1. The summed E-state index contributed by atoms with van der Waals surface area (Å²) in [6.07, 6.45) is 5.56. The Kier molecular flexibility index (Phi) is 3.05. The molecule has 0 spiro atoms. The molecule has 3 fully saturated rings. The second kappa shape index (κ2) is 4.66. The Balaban J connectivity index is 1.62. The molecule has 4 aliphatic rings. The van der Waals surface area contributed by atoms with Crippen LogP contribution in [0.25, 0.3) is 0 Å². The maximum absolute atomic E-state index is 13.1. The van der Waals surface area contributed by atoms with Crippen LogP contribution >= 0.6 is 45.2 Å². The van der Waals surface area contributed by atoms with Crippen LogP contribution in [0.4, 0.5) is 0 Å². The Bertz CT molecular complexity index is 656. The Morgan fingerprint density at radius 1 is 1.05 bits per heavy atom. The summed E-state index contributed by atoms with van der Waals surface area (Å²) in [5, 5.41) is 0. The lowest BCUT2D eigenvalue weighted by atomic mass is 9.62. The molecular weight excluding hydrogens is 490 g/mol. The van der Waals surface area contributed by atoms with Crippen molar-refractivity contribution in [2.24, 2.45) is 23.7 Å². The van der Waals surface area contributed by atoms with E-state index in [0.717, 1.165) is 17.9 Å². The fourth-order valence-electron chi connectivity index (χ4n) is 5.47. The summed E-state index contributed by atoms with van der Waals surface area (Å²) in [6.45, 7) is 0. The molecule has 2 nitrogen and oxygen atoms in total. The molecule has 5 rings (SSSR count). The molecule has 2 bridgehead atoms. The lowest BCUT2D eigenvalue weighted by molar-refractivity contribution is 0.0604. The standard InChI is InChI=1S/C17H16I2O2/c18-7-4-11-10(13(19)5-7)6-12-14(15(11)20)17-9-3-1-2-8(9)16(12)21-17/h4-5,8-9,12,14,16-17H,1-3,6H2. The zero-order chi connectivity index (χ0) is 14.3. The van der Waals surface area contributed by atoms with Gasteiger partial charge in [-0.1, -0.05) is 6.42 Å². The van der Waals surface area contributed by atoms with Crippen molar-refractivity contribution in [3.8, 4) is 0 Å². The van der Waals surface area contributed by atoms with Crippen molar-refractivity contribution in [2.45, 2.75) is 37.9 Å². The normalized spacial score (nSPS) is 42.9. The van der Waals surface area contributed by atoms with Crippen LogP contribution in [-0.2, 0) is 11.2 Å². The molecule has 0 N–H and O–H groups in total. The number of halogens is 2. The number of ether oxygens (including phenoxy) is 1. The van der Waals surface area contributed by atoms with Crippen LogP contribution in [0.3, 0.4) is 0 Å². The fraction of sp³-hybridized carbons (Fsp3) is 0.588. The Morgan fingerprint density at radius 3 is 2.62 bits per heavy atom. The maximum Gasteiger partial charge on any atom is 0.169 e. The first-order chi connectivity index (χ1) is 10.1. The van der Waals surface area contributed by atoms with Crippen LogP contribution in [0.15, 0.2) is 12.1 Å². The van der Waals surface area contributed by atoms with Crippen LogP contribution in [0, 0.1) is 30.8 Å². The summed E-state index contributed by atoms with van der Waals surface area (Å²) in [6, 6.07) is 4.29. The summed E-state index contributed by atoms with van der Waals surface area (Å²) in [5.41, 5.74) is 2.27. The minimum Gasteiger partial charge on any atom is -0.373 e. The molecule has 21 heavy (non-hydrogen) atoms. The molecule has 2 aliphatic carbocycles. The predicted octanol–water partition coefficient (Wildman–Crippen LogP) is 4.06. The van der Waals surface area contributed by atoms with Gasteiger partial charge >= 0.3 is 0 Å². The molecule has 110 valence electrons. The monoisotopic (exact) mass is 506 g/mol. The zero-order valence-electron chi connectivity index (χ0n) is 11.5. The van der Waals surface area contributed by atoms with Gasteiger partial charge in [0.15, 0.2) is 5.78 Å². The number of carbonyl (C=O) groups is 1. The van der Waals surface area contributed by atoms with Gasteiger partial charge in [-0.3, -0.25) is 4.79 Å². The van der Waals surface area contributed by atoms with E-state index in [4.69, 9.17) is 4.74 Å². The summed E-state index contributed by atoms with van der Waals surface area (Å²) < 4.78 is 8.76. The minimum absolute atomic E-state index is 0.149. The van der Waals surface area contributed by atoms with E-state index in [0.29, 0.717) is 23.7 Å². The summed E-state index contributed by atoms with van der Waals surface area (Å²) >= 11 is 4.72. The van der Waals surface area contributed by atoms with E-state index in [1.54, 1.807) is 0 Å². The molecule has 6 unspecified atom stereocenters. The van der Waals surface area contributed by atoms with E-state index in [1.165, 1.54) is 32.0 Å². The first-order valence-corrected chi connectivity index (χ1v) is 9.98. The molecule has 6 atom stereocenters. The van der Waals surface area contributed by atoms with Gasteiger partial charge in [-0.05, 0) is 94.0 Å². The topological polar surface area (TPSA) is 26.3 Å². The largest absolute Gasteiger partial charge is 0.373 e. The molecule has 1 aromatic rings. The molecule has 0 aromatic heterocycles. The summed E-state index contributed by atoms with van der Waals surface area (Å²) in [7, 11) is 0. The smallest absolute Gasteiger partial charge is 0.169 e. The van der Waals surface area contributed by atoms with Crippen LogP contribution in [-0.4, -0.2) is 18.0 Å². The molecule has 2 aliphatic heterocycles. The van der Waals surface area contributed by atoms with Gasteiger partial charge in [0.05, 0.1) is 18.1 Å². The lowest BCUT2D eigenvalue weighted by Crippen LogP contribution is -2.45. The van der Waals surface area contributed by atoms with Crippen molar-refractivity contribution >= 4 is 51.0 Å². The van der Waals surface area contributed by atoms with Crippen molar-refractivity contribution in [1.29, 1.82) is 0 Å². The average Bonchev–Trinajstić information content (AvgIpc) is 3.10. The summed E-state index contributed by atoms with van der Waals surface area (Å²) in [5.74, 6) is 2.38. The highest BCUT2D eigenvalue weighted by Crippen LogP contribution is 2.59. The number of Topliss-reactive ketones (excluding diaryl/α,β-unsaturated/α-hetero) is 1. The van der Waals surface area contributed by atoms with E-state index in [-0.39, 0.29) is 12.0 Å². The highest BCUT2D eigenvalue weighted by Gasteiger charge is 2.63. The fourth-order valence-corrected chi connectivity index (χ4v) is 7.53. The minimum atomic E-state index is 0.149. The van der Waals surface area contributed by atoms with E-state index in [1.807, 2.05) is 0 Å². The molecule has 2 saturated heterocycles. The second-order valence-corrected chi connectivity index (χ2v) is 9.40. The number of rotatable bonds is 0. The number of carbonyl (C=O) groups excluding carboxylic acids is 1. The highest BCUT2D eigenvalue weighted by molar-refractivity contribution is 14.1. The number of ketones is 1. The van der Waals surface area contributed by atoms with Crippen molar-refractivity contribution in [1.82, 2.24) is 0 Å². The van der Waals surface area contributed by atoms with Gasteiger partial charge in [0.1, 0.15) is 0 Å². The molecular formula is C17H16I2O2. The van der Waals surface area contributed by atoms with E-state index < -0.39 is 0 Å². The lowest BCUT2D eigenvalue weighted by Gasteiger charge is -2.38. The van der Waals surface area contributed by atoms with Gasteiger partial charge in [0, 0.05) is 18.6 Å². The highest BCUT2D eigenvalue weighted by atomic mass is 127. The van der Waals surface area contributed by atoms with Crippen LogP contribution in [0.1, 0.15) is 35.2 Å². The van der Waals surface area contributed by atoms with Crippen LogP contribution in [0.5, 0.6) is 0 Å². The molecule has 0 amide bonds. The van der Waals surface area contributed by atoms with Crippen LogP contribution in [0.2, 0.25) is 0 Å². The SMILES string of the molecule is O=C1c2cc(I)cc(I)c2CC2C3OC(C4CCCC43)C12. The first kappa shape index (κ1) is 13.7. The van der Waals surface area contributed by atoms with Crippen molar-refractivity contribution in [3.05, 3.63) is 30.4 Å². The van der Waals surface area contributed by atoms with E-state index >= 15 is 0 Å². The molecule has 4 heteroatoms. The third-order valence-electron chi connectivity index (χ3n) is 6.19. The third kappa shape index (κ3) is 1.75. The third-order valence-corrected chi connectivity index (χ3v) is 7.77. The number of hydrogen-bond donors (Lipinski definition) is 0. The van der Waals surface area contributed by atoms with Crippen molar-refractivity contribution < 1.29 is 9.53 Å². The molecule has 2 heterocycles. The Labute approximate surface area is 151 Å². The van der Waals surface area contributed by atoms with E-state index in [9.17, 15) is 4.79 Å². The molecule has 0 radical (unpaired) electrons. The maximum atomic E-state index is 13.1. The van der Waals surface area contributed by atoms with Gasteiger partial charge < -0.3 is 4.74 Å². The number of hydrogen-bond acceptors (Lipinski definition) is 2. The van der Waals surface area contributed by atoms with Crippen LogP contribution < -0.4 is 0 Å². The Morgan fingerprint density at radius 2 is 1.81 bits per heavy atom. The predicted molar refractivity (Wildman–Crippen MR) is 96.4 cm³/mol. The zero-order valence-corrected chi connectivity index (χ0v) is 15.8. The van der Waals surface area contributed by atoms with Gasteiger partial charge in [0.25, 0.3) is 0 Å². The van der Waals surface area contributed by atoms with Gasteiger partial charge in [-0.25, -0.2) is 0 Å². The van der Waals surface area contributed by atoms with Gasteiger partial charge in [-0.15, -0.1) is 0 Å². The Hall–Kier alpha value is 0.310. The van der Waals surface area contributed by atoms with Gasteiger partial charge in [0.2, 0.25) is 0 Å². The molecule has 1 aromatic carbocycles. The second-order valence-electron chi connectivity index (χ2n) is 7.00. The quantitative estimate of drug-likeness (QED) is 0.497. The van der Waals surface area contributed by atoms with Gasteiger partial charge in [-0.2, -0.15) is 0 Å². The molecule has 1 saturated carbocycles. The first-order valence-electron chi connectivity index (χ1n) is 7.83. The number of fused-ring (bicyclic) bond motifs is 9.